The molecule has 1 heterocycles. The third kappa shape index (κ3) is 5.92. The van der Waals surface area contributed by atoms with E-state index in [4.69, 9.17) is 0 Å². The van der Waals surface area contributed by atoms with Crippen molar-refractivity contribution >= 4 is 27.0 Å². The van der Waals surface area contributed by atoms with Gasteiger partial charge in [0.2, 0.25) is 0 Å². The Morgan fingerprint density at radius 3 is 2.59 bits per heavy atom. The van der Waals surface area contributed by atoms with Gasteiger partial charge in [-0.15, -0.1) is 0 Å². The van der Waals surface area contributed by atoms with Crippen LogP contribution in [0.4, 0.5) is 13.2 Å². The van der Waals surface area contributed by atoms with E-state index in [1.165, 1.54) is 0 Å². The van der Waals surface area contributed by atoms with Gasteiger partial charge in [-0.05, 0) is 0 Å². The van der Waals surface area contributed by atoms with E-state index < -0.39 is 44.9 Å². The van der Waals surface area contributed by atoms with Crippen LogP contribution in [0.5, 0.6) is 0 Å². The van der Waals surface area contributed by atoms with Crippen molar-refractivity contribution in [2.45, 2.75) is 41.4 Å². The van der Waals surface area contributed by atoms with Crippen molar-refractivity contribution in [2.75, 3.05) is 26.2 Å². The molecule has 0 saturated carbocycles. The summed E-state index contributed by atoms with van der Waals surface area (Å²) in [6, 6.07) is 9.47. The minimum atomic E-state index is -2.14. The van der Waals surface area contributed by atoms with E-state index in [1.807, 2.05) is 30.3 Å². The van der Waals surface area contributed by atoms with Gasteiger partial charge in [0.25, 0.3) is 0 Å². The topological polar surface area (TPSA) is 63.1 Å². The summed E-state index contributed by atoms with van der Waals surface area (Å²) < 4.78 is 42.9. The fraction of sp³-hybridized carbons (Fsp3) is 0.500. The Morgan fingerprint density at radius 1 is 1.25 bits per heavy atom. The standard InChI is InChI=1S/C17H24N5O.C5H4F3.Sn/c1-4-21(5-2)12-11-18-16(23)13-22-17(14(3)19-20-22)15-9-7-6-8-10-15;1-5(8)2-3(6)4(5)7;/h6-10H,3-5,11-13H2,1-2H3,(H,18,23);1-2H2;. The van der Waals surface area contributed by atoms with Crippen molar-refractivity contribution in [3.63, 3.8) is 0 Å². The number of carbonyl (C=O) groups is 1. The van der Waals surface area contributed by atoms with E-state index in [-0.39, 0.29) is 16.9 Å². The third-order valence-electron chi connectivity index (χ3n) is 5.55. The molecule has 0 bridgehead atoms. The summed E-state index contributed by atoms with van der Waals surface area (Å²) in [5, 5.41) is 11.3. The Labute approximate surface area is 196 Å². The van der Waals surface area contributed by atoms with Crippen LogP contribution in [-0.2, 0) is 15.8 Å². The van der Waals surface area contributed by atoms with Crippen molar-refractivity contribution < 1.29 is 18.0 Å². The predicted molar refractivity (Wildman–Crippen MR) is 118 cm³/mol. The molecule has 0 aliphatic heterocycles. The third-order valence-corrected chi connectivity index (χ3v) is 9.54. The molecule has 3 rings (SSSR count). The number of hydrogen-bond acceptors (Lipinski definition) is 4. The molecule has 1 aromatic carbocycles. The number of amides is 1. The number of likely N-dealkylation sites (N-methyl/N-ethyl adjacent to an activating group) is 1. The number of carbonyl (C=O) groups excluding carboxylic acids is 1. The fourth-order valence-electron chi connectivity index (χ4n) is 3.63. The van der Waals surface area contributed by atoms with Crippen LogP contribution in [0.2, 0.25) is 4.44 Å². The fourth-order valence-corrected chi connectivity index (χ4v) is 7.28. The van der Waals surface area contributed by atoms with Gasteiger partial charge in [0.1, 0.15) is 0 Å². The molecule has 172 valence electrons. The van der Waals surface area contributed by atoms with Gasteiger partial charge in [0.15, 0.2) is 0 Å². The van der Waals surface area contributed by atoms with Crippen molar-refractivity contribution in [1.82, 2.24) is 25.2 Å². The maximum absolute atomic E-state index is 14.4. The number of benzene rings is 1. The van der Waals surface area contributed by atoms with Crippen molar-refractivity contribution in [1.29, 1.82) is 0 Å². The van der Waals surface area contributed by atoms with E-state index in [0.29, 0.717) is 22.4 Å². The average molecular weight is 554 g/mol. The van der Waals surface area contributed by atoms with E-state index in [0.717, 1.165) is 25.2 Å². The Kier molecular flexibility index (Phi) is 8.75. The van der Waals surface area contributed by atoms with Crippen molar-refractivity contribution in [2.24, 2.45) is 0 Å². The van der Waals surface area contributed by atoms with Crippen LogP contribution in [0.15, 0.2) is 42.0 Å². The molecule has 1 aliphatic carbocycles. The van der Waals surface area contributed by atoms with E-state index in [2.05, 4.69) is 34.4 Å². The number of halogens is 3. The Hall–Kier alpha value is -1.88. The second-order valence-corrected chi connectivity index (χ2v) is 11.2. The first-order chi connectivity index (χ1) is 15.4. The van der Waals surface area contributed by atoms with Gasteiger partial charge in [0.05, 0.1) is 0 Å². The number of nitrogens with one attached hydrogen (secondary N) is 1. The second-order valence-electron chi connectivity index (χ2n) is 7.75. The van der Waals surface area contributed by atoms with E-state index >= 15 is 0 Å². The quantitative estimate of drug-likeness (QED) is 0.410. The van der Waals surface area contributed by atoms with Crippen LogP contribution in [0.1, 0.15) is 26.0 Å². The Bertz CT molecular complexity index is 948. The zero-order chi connectivity index (χ0) is 23.1. The number of allylic oxidation sites excluding steroid dienone is 2. The van der Waals surface area contributed by atoms with Gasteiger partial charge in [-0.1, -0.05) is 0 Å². The van der Waals surface area contributed by atoms with Crippen LogP contribution in [0.25, 0.3) is 11.3 Å². The predicted octanol–water partition coefficient (Wildman–Crippen LogP) is 3.29. The molecule has 1 aromatic heterocycles. The van der Waals surface area contributed by atoms with Crippen LogP contribution in [-0.4, -0.2) is 78.8 Å². The first kappa shape index (κ1) is 24.8. The van der Waals surface area contributed by atoms with Crippen LogP contribution in [0, 0.1) is 0 Å². The molecule has 0 spiro atoms. The summed E-state index contributed by atoms with van der Waals surface area (Å²) in [5.41, 5.74) is 0.114. The molecular weight excluding hydrogens is 526 g/mol. The molecule has 1 aliphatic rings. The second kappa shape index (κ2) is 11.3. The van der Waals surface area contributed by atoms with Crippen LogP contribution < -0.4 is 5.32 Å². The number of rotatable bonds is 12. The van der Waals surface area contributed by atoms with Crippen LogP contribution >= 0.6 is 0 Å². The summed E-state index contributed by atoms with van der Waals surface area (Å²) in [6.07, 6.45) is -0.467. The zero-order valence-electron chi connectivity index (χ0n) is 18.4. The average Bonchev–Trinajstić information content (AvgIpc) is 3.19. The molecule has 0 fully saturated rings. The summed E-state index contributed by atoms with van der Waals surface area (Å²) in [5.74, 6) is -2.38. The monoisotopic (exact) mass is 555 g/mol. The maximum atomic E-state index is 14.4. The molecule has 2 radical (unpaired) electrons. The molecule has 1 amide bonds. The molecule has 1 atom stereocenters. The molecule has 6 nitrogen and oxygen atoms in total. The van der Waals surface area contributed by atoms with Crippen LogP contribution in [0.3, 0.4) is 0 Å². The molecule has 32 heavy (non-hydrogen) atoms. The van der Waals surface area contributed by atoms with Crippen molar-refractivity contribution in [3.05, 3.63) is 47.7 Å². The summed E-state index contributed by atoms with van der Waals surface area (Å²) in [6.45, 7) is 7.35. The summed E-state index contributed by atoms with van der Waals surface area (Å²) in [7, 11) is 0. The number of hydrogen-bond donors (Lipinski definition) is 1. The number of aromatic nitrogens is 3. The molecule has 10 heteroatoms. The normalized spacial score (nSPS) is 18.2. The van der Waals surface area contributed by atoms with Gasteiger partial charge in [-0.3, -0.25) is 0 Å². The SMILES string of the molecule is CCN(CC)CCNC(=O)Cn1nnc([CH2][Sn][CH2]C2(F)CC(F)=C2F)c1-c1ccccc1. The van der Waals surface area contributed by atoms with Gasteiger partial charge in [0, 0.05) is 0 Å². The first-order valence-electron chi connectivity index (χ1n) is 10.8. The van der Waals surface area contributed by atoms with Crippen molar-refractivity contribution in [3.8, 4) is 11.3 Å². The summed E-state index contributed by atoms with van der Waals surface area (Å²) in [4.78, 5) is 14.7. The number of nitrogens with zero attached hydrogens (tertiary/aromatic N) is 4. The Morgan fingerprint density at radius 2 is 1.97 bits per heavy atom. The molecule has 1 unspecified atom stereocenters. The molecular formula is C22H28F3N5OSn. The van der Waals surface area contributed by atoms with E-state index in [9.17, 15) is 18.0 Å². The Balaban J connectivity index is 1.66. The summed E-state index contributed by atoms with van der Waals surface area (Å²) >= 11 is -1.42. The van der Waals surface area contributed by atoms with E-state index in [1.54, 1.807) is 4.68 Å². The molecule has 2 aromatic rings. The van der Waals surface area contributed by atoms with Gasteiger partial charge < -0.3 is 0 Å². The number of alkyl halides is 1. The molecule has 0 saturated heterocycles. The van der Waals surface area contributed by atoms with Gasteiger partial charge in [-0.25, -0.2) is 0 Å². The first-order valence-corrected chi connectivity index (χ1v) is 14.8. The molecule has 1 N–H and O–H groups in total. The van der Waals surface area contributed by atoms with Gasteiger partial charge in [-0.2, -0.15) is 0 Å². The minimum absolute atomic E-state index is 0.0240. The van der Waals surface area contributed by atoms with Gasteiger partial charge >= 0.3 is 197 Å². The zero-order valence-corrected chi connectivity index (χ0v) is 21.2.